The first kappa shape index (κ1) is 15.4. The third-order valence-electron chi connectivity index (χ3n) is 3.14. The van der Waals surface area contributed by atoms with E-state index in [2.05, 4.69) is 4.98 Å². The van der Waals surface area contributed by atoms with Crippen LogP contribution in [0.15, 0.2) is 24.5 Å². The first-order valence-corrected chi connectivity index (χ1v) is 6.82. The van der Waals surface area contributed by atoms with Crippen molar-refractivity contribution in [3.63, 3.8) is 0 Å². The van der Waals surface area contributed by atoms with Gasteiger partial charge in [-0.05, 0) is 38.5 Å². The number of hydrogen-bond acceptors (Lipinski definition) is 4. The second-order valence-corrected chi connectivity index (χ2v) is 5.74. The zero-order valence-corrected chi connectivity index (χ0v) is 13.2. The molecule has 0 aliphatic heterocycles. The van der Waals surface area contributed by atoms with Crippen molar-refractivity contribution in [1.29, 1.82) is 0 Å². The molecule has 0 atom stereocenters. The second-order valence-electron chi connectivity index (χ2n) is 5.74. The van der Waals surface area contributed by atoms with Crippen LogP contribution in [-0.4, -0.2) is 34.5 Å². The number of aromatic nitrogens is 2. The number of methoxy groups -OCH3 is 2. The molecule has 0 aliphatic carbocycles. The van der Waals surface area contributed by atoms with Gasteiger partial charge in [-0.25, -0.2) is 4.98 Å². The topological polar surface area (TPSA) is 56.5 Å². The molecule has 0 spiro atoms. The summed E-state index contributed by atoms with van der Waals surface area (Å²) < 4.78 is 12.8. The minimum Gasteiger partial charge on any atom is -0.493 e. The third-order valence-corrected chi connectivity index (χ3v) is 3.14. The van der Waals surface area contributed by atoms with Crippen LogP contribution in [0.5, 0.6) is 11.5 Å². The van der Waals surface area contributed by atoms with E-state index in [4.69, 9.17) is 9.47 Å². The van der Waals surface area contributed by atoms with Gasteiger partial charge in [0.05, 0.1) is 31.9 Å². The number of nitrogens with zero attached hydrogens (tertiary/aromatic N) is 2. The highest BCUT2D eigenvalue weighted by molar-refractivity contribution is 5.70. The summed E-state index contributed by atoms with van der Waals surface area (Å²) in [5.41, 5.74) is 1.08. The van der Waals surface area contributed by atoms with E-state index in [9.17, 15) is 5.11 Å². The number of rotatable bonds is 5. The van der Waals surface area contributed by atoms with E-state index in [1.165, 1.54) is 0 Å². The van der Waals surface area contributed by atoms with Gasteiger partial charge in [0.2, 0.25) is 0 Å². The number of ether oxygens (including phenoxy) is 2. The van der Waals surface area contributed by atoms with Gasteiger partial charge in [0.15, 0.2) is 11.5 Å². The fourth-order valence-electron chi connectivity index (χ4n) is 2.37. The van der Waals surface area contributed by atoms with E-state index in [0.29, 0.717) is 18.0 Å². The molecule has 1 N–H and O–H groups in total. The van der Waals surface area contributed by atoms with Crippen LogP contribution in [0.25, 0.3) is 11.4 Å². The van der Waals surface area contributed by atoms with E-state index in [1.807, 2.05) is 29.8 Å². The Hall–Kier alpha value is -2.01. The van der Waals surface area contributed by atoms with Crippen LogP contribution >= 0.6 is 0 Å². The van der Waals surface area contributed by atoms with Gasteiger partial charge in [-0.3, -0.25) is 0 Å². The molecule has 0 saturated heterocycles. The van der Waals surface area contributed by atoms with Crippen molar-refractivity contribution in [1.82, 2.24) is 9.55 Å². The molecule has 1 aromatic heterocycles. The summed E-state index contributed by atoms with van der Waals surface area (Å²) >= 11 is 0. The summed E-state index contributed by atoms with van der Waals surface area (Å²) in [7, 11) is 3.23. The van der Waals surface area contributed by atoms with Gasteiger partial charge in [0.25, 0.3) is 0 Å². The summed E-state index contributed by atoms with van der Waals surface area (Å²) in [6.45, 7) is 5.98. The molecule has 0 aliphatic rings. The molecule has 1 aromatic carbocycles. The lowest BCUT2D eigenvalue weighted by atomic mass is 10.1. The van der Waals surface area contributed by atoms with Crippen molar-refractivity contribution in [3.05, 3.63) is 30.1 Å². The number of aliphatic hydroxyl groups is 1. The smallest absolute Gasteiger partial charge is 0.171 e. The van der Waals surface area contributed by atoms with Crippen molar-refractivity contribution in [2.24, 2.45) is 0 Å². The number of imidazole rings is 1. The Labute approximate surface area is 125 Å². The van der Waals surface area contributed by atoms with Crippen LogP contribution in [0.1, 0.15) is 19.4 Å². The molecule has 2 rings (SSSR count). The third kappa shape index (κ3) is 3.36. The molecule has 0 unspecified atom stereocenters. The average Bonchev–Trinajstić information content (AvgIpc) is 2.83. The Morgan fingerprint density at radius 3 is 2.52 bits per heavy atom. The molecule has 0 radical (unpaired) electrons. The molecule has 5 nitrogen and oxygen atoms in total. The van der Waals surface area contributed by atoms with Crippen LogP contribution in [-0.2, 0) is 6.54 Å². The summed E-state index contributed by atoms with van der Waals surface area (Å²) in [4.78, 5) is 4.41. The van der Waals surface area contributed by atoms with Gasteiger partial charge in [-0.15, -0.1) is 0 Å². The molecule has 0 amide bonds. The normalized spacial score (nSPS) is 11.5. The Balaban J connectivity index is 2.57. The summed E-state index contributed by atoms with van der Waals surface area (Å²) in [5, 5.41) is 10.0. The fourth-order valence-corrected chi connectivity index (χ4v) is 2.37. The zero-order chi connectivity index (χ0) is 15.6. The van der Waals surface area contributed by atoms with Gasteiger partial charge in [0.1, 0.15) is 5.82 Å². The molecule has 5 heteroatoms. The molecular formula is C16H22N2O3. The lowest BCUT2D eigenvalue weighted by Gasteiger charge is -2.20. The minimum absolute atomic E-state index is 0.446. The average molecular weight is 290 g/mol. The van der Waals surface area contributed by atoms with E-state index < -0.39 is 5.60 Å². The number of aryl methyl sites for hydroxylation is 1. The number of hydrogen-bond donors (Lipinski definition) is 1. The Morgan fingerprint density at radius 1 is 1.24 bits per heavy atom. The van der Waals surface area contributed by atoms with Crippen molar-refractivity contribution in [2.75, 3.05) is 14.2 Å². The Morgan fingerprint density at radius 2 is 1.95 bits per heavy atom. The van der Waals surface area contributed by atoms with Crippen LogP contribution < -0.4 is 9.47 Å². The molecule has 21 heavy (non-hydrogen) atoms. The van der Waals surface area contributed by atoms with Gasteiger partial charge in [-0.1, -0.05) is 0 Å². The molecule has 2 aromatic rings. The minimum atomic E-state index is -0.823. The highest BCUT2D eigenvalue weighted by Gasteiger charge is 2.20. The molecule has 0 fully saturated rings. The van der Waals surface area contributed by atoms with Crippen LogP contribution in [0, 0.1) is 6.92 Å². The fraction of sp³-hybridized carbons (Fsp3) is 0.438. The molecule has 1 heterocycles. The highest BCUT2D eigenvalue weighted by Crippen LogP contribution is 2.38. The predicted octanol–water partition coefficient (Wildman–Crippen LogP) is 2.65. The van der Waals surface area contributed by atoms with Crippen molar-refractivity contribution in [2.45, 2.75) is 32.9 Å². The summed E-state index contributed by atoms with van der Waals surface area (Å²) in [5.74, 6) is 2.06. The maximum absolute atomic E-state index is 10.0. The van der Waals surface area contributed by atoms with Gasteiger partial charge in [-0.2, -0.15) is 0 Å². The van der Waals surface area contributed by atoms with Crippen molar-refractivity contribution < 1.29 is 14.6 Å². The highest BCUT2D eigenvalue weighted by atomic mass is 16.5. The summed E-state index contributed by atoms with van der Waals surface area (Å²) in [6.07, 6.45) is 3.57. The predicted molar refractivity (Wildman–Crippen MR) is 81.8 cm³/mol. The quantitative estimate of drug-likeness (QED) is 0.919. The number of benzene rings is 1. The van der Waals surface area contributed by atoms with Crippen LogP contribution in [0.4, 0.5) is 0 Å². The second kappa shape index (κ2) is 5.77. The first-order chi connectivity index (χ1) is 9.85. The molecule has 0 bridgehead atoms. The van der Waals surface area contributed by atoms with Gasteiger partial charge >= 0.3 is 0 Å². The van der Waals surface area contributed by atoms with Crippen LogP contribution in [0.3, 0.4) is 0 Å². The lowest BCUT2D eigenvalue weighted by molar-refractivity contribution is 0.0620. The van der Waals surface area contributed by atoms with E-state index >= 15 is 0 Å². The lowest BCUT2D eigenvalue weighted by Crippen LogP contribution is -2.26. The van der Waals surface area contributed by atoms with E-state index in [-0.39, 0.29) is 0 Å². The molecule has 114 valence electrons. The standard InChI is InChI=1S/C16H22N2O3/c1-11-8-12(14(21-5)13(9-11)20-4)15-17-6-7-18(15)10-16(2,3)19/h6-9,19H,10H2,1-5H3. The SMILES string of the molecule is COc1cc(C)cc(-c2nccn2CC(C)(C)O)c1OC. The van der Waals surface area contributed by atoms with Gasteiger partial charge < -0.3 is 19.1 Å². The first-order valence-electron chi connectivity index (χ1n) is 6.82. The zero-order valence-electron chi connectivity index (χ0n) is 13.2. The van der Waals surface area contributed by atoms with Crippen molar-refractivity contribution >= 4 is 0 Å². The van der Waals surface area contributed by atoms with Crippen LogP contribution in [0.2, 0.25) is 0 Å². The van der Waals surface area contributed by atoms with E-state index in [0.717, 1.165) is 17.0 Å². The molecule has 0 saturated carbocycles. The largest absolute Gasteiger partial charge is 0.493 e. The Bertz CT molecular complexity index is 627. The van der Waals surface area contributed by atoms with Crippen molar-refractivity contribution in [3.8, 4) is 22.9 Å². The maximum atomic E-state index is 10.0. The summed E-state index contributed by atoms with van der Waals surface area (Å²) in [6, 6.07) is 3.93. The molecular weight excluding hydrogens is 268 g/mol. The van der Waals surface area contributed by atoms with Gasteiger partial charge in [0, 0.05) is 12.4 Å². The maximum Gasteiger partial charge on any atom is 0.171 e. The van der Waals surface area contributed by atoms with E-state index in [1.54, 1.807) is 34.3 Å². The Kier molecular flexibility index (Phi) is 4.23. The monoisotopic (exact) mass is 290 g/mol.